The summed E-state index contributed by atoms with van der Waals surface area (Å²) in [6, 6.07) is 10.4. The Labute approximate surface area is 151 Å². The Morgan fingerprint density at radius 3 is 2.59 bits per heavy atom. The van der Waals surface area contributed by atoms with Crippen molar-refractivity contribution in [3.05, 3.63) is 59.9 Å². The average Bonchev–Trinajstić information content (AvgIpc) is 3.06. The summed E-state index contributed by atoms with van der Waals surface area (Å²) >= 11 is 0. The van der Waals surface area contributed by atoms with Crippen molar-refractivity contribution in [3.8, 4) is 11.4 Å². The number of halogens is 3. The molecule has 0 aliphatic rings. The molecule has 4 aromatic rings. The van der Waals surface area contributed by atoms with Crippen LogP contribution in [0.25, 0.3) is 22.4 Å². The van der Waals surface area contributed by atoms with Gasteiger partial charge in [0.1, 0.15) is 5.82 Å². The molecule has 0 bridgehead atoms. The van der Waals surface area contributed by atoms with Crippen LogP contribution in [0.5, 0.6) is 0 Å². The highest BCUT2D eigenvalue weighted by molar-refractivity contribution is 5.89. The first-order chi connectivity index (χ1) is 12.9. The second-order valence-corrected chi connectivity index (χ2v) is 5.87. The van der Waals surface area contributed by atoms with Gasteiger partial charge in [-0.05, 0) is 25.1 Å². The summed E-state index contributed by atoms with van der Waals surface area (Å²) in [4.78, 5) is 12.7. The first-order valence-corrected chi connectivity index (χ1v) is 8.00. The number of aromatic amines is 1. The van der Waals surface area contributed by atoms with Crippen LogP contribution in [0.2, 0.25) is 0 Å². The number of nitrogens with zero attached hydrogens (tertiary/aromatic N) is 4. The zero-order valence-electron chi connectivity index (χ0n) is 14.0. The lowest BCUT2D eigenvalue weighted by atomic mass is 10.1. The number of anilines is 2. The number of hydrogen-bond donors (Lipinski definition) is 2. The van der Waals surface area contributed by atoms with Gasteiger partial charge in [0, 0.05) is 23.5 Å². The van der Waals surface area contributed by atoms with Gasteiger partial charge in [-0.25, -0.2) is 15.0 Å². The lowest BCUT2D eigenvalue weighted by Gasteiger charge is -2.13. The fraction of sp³-hybridized carbons (Fsp3) is 0.111. The normalized spacial score (nSPS) is 11.7. The molecule has 0 aliphatic heterocycles. The van der Waals surface area contributed by atoms with Gasteiger partial charge >= 0.3 is 6.18 Å². The molecule has 27 heavy (non-hydrogen) atoms. The van der Waals surface area contributed by atoms with Crippen LogP contribution in [0.4, 0.5) is 24.8 Å². The van der Waals surface area contributed by atoms with E-state index in [1.807, 2.05) is 6.92 Å². The summed E-state index contributed by atoms with van der Waals surface area (Å²) < 4.78 is 40.2. The van der Waals surface area contributed by atoms with E-state index in [2.05, 4.69) is 30.5 Å². The van der Waals surface area contributed by atoms with Crippen molar-refractivity contribution < 1.29 is 13.2 Å². The van der Waals surface area contributed by atoms with E-state index in [-0.39, 0.29) is 17.0 Å². The highest BCUT2D eigenvalue weighted by atomic mass is 19.4. The van der Waals surface area contributed by atoms with Crippen LogP contribution < -0.4 is 5.32 Å². The van der Waals surface area contributed by atoms with Crippen LogP contribution in [0.1, 0.15) is 11.3 Å². The van der Waals surface area contributed by atoms with Crippen LogP contribution in [0.15, 0.2) is 48.7 Å². The van der Waals surface area contributed by atoms with Gasteiger partial charge < -0.3 is 5.32 Å². The summed E-state index contributed by atoms with van der Waals surface area (Å²) in [6.07, 6.45) is -3.00. The number of H-pyrrole nitrogens is 1. The van der Waals surface area contributed by atoms with E-state index >= 15 is 0 Å². The minimum atomic E-state index is -4.52. The maximum Gasteiger partial charge on any atom is 0.417 e. The number of alkyl halides is 3. The average molecular weight is 370 g/mol. The first-order valence-electron chi connectivity index (χ1n) is 8.00. The number of aromatic nitrogens is 5. The van der Waals surface area contributed by atoms with E-state index in [4.69, 9.17) is 0 Å². The molecule has 0 fully saturated rings. The van der Waals surface area contributed by atoms with Crippen molar-refractivity contribution in [1.82, 2.24) is 25.1 Å². The molecule has 2 N–H and O–H groups in total. The van der Waals surface area contributed by atoms with Gasteiger partial charge in [0.15, 0.2) is 17.3 Å². The molecule has 0 radical (unpaired) electrons. The van der Waals surface area contributed by atoms with Gasteiger partial charge in [0.25, 0.3) is 0 Å². The van der Waals surface area contributed by atoms with Crippen molar-refractivity contribution in [2.45, 2.75) is 13.1 Å². The van der Waals surface area contributed by atoms with Gasteiger partial charge in [0.05, 0.1) is 10.9 Å². The minimum absolute atomic E-state index is 0.0658. The Bertz CT molecular complexity index is 1120. The molecular weight excluding hydrogens is 357 g/mol. The molecule has 0 atom stereocenters. The van der Waals surface area contributed by atoms with E-state index in [1.54, 1.807) is 18.2 Å². The Morgan fingerprint density at radius 2 is 1.85 bits per heavy atom. The highest BCUT2D eigenvalue weighted by Crippen LogP contribution is 2.36. The van der Waals surface area contributed by atoms with Crippen LogP contribution in [-0.2, 0) is 6.18 Å². The first kappa shape index (κ1) is 17.0. The number of hydrogen-bond acceptors (Lipinski definition) is 5. The third-order valence-corrected chi connectivity index (χ3v) is 3.90. The molecule has 0 unspecified atom stereocenters. The Kier molecular flexibility index (Phi) is 3.98. The third-order valence-electron chi connectivity index (χ3n) is 3.90. The molecule has 136 valence electrons. The van der Waals surface area contributed by atoms with Crippen molar-refractivity contribution in [2.75, 3.05) is 5.32 Å². The van der Waals surface area contributed by atoms with Crippen molar-refractivity contribution in [3.63, 3.8) is 0 Å². The number of pyridine rings is 1. The van der Waals surface area contributed by atoms with Crippen molar-refractivity contribution >= 4 is 22.7 Å². The molecule has 0 aliphatic carbocycles. The Balaban J connectivity index is 1.91. The zero-order chi connectivity index (χ0) is 19.0. The van der Waals surface area contributed by atoms with Crippen molar-refractivity contribution in [1.29, 1.82) is 0 Å². The van der Waals surface area contributed by atoms with Crippen LogP contribution >= 0.6 is 0 Å². The standard InChI is InChI=1S/C18H13F3N6/c1-10-9-14(27-26-10)23-17-12-6-4-8-22-15(12)24-16(25-17)11-5-2-3-7-13(11)18(19,20)21/h2-9H,1H3,(H2,22,23,24,25,26,27). The van der Waals surface area contributed by atoms with Gasteiger partial charge in [-0.3, -0.25) is 5.10 Å². The van der Waals surface area contributed by atoms with E-state index in [0.717, 1.165) is 11.8 Å². The Hall–Kier alpha value is -3.49. The number of rotatable bonds is 3. The summed E-state index contributed by atoms with van der Waals surface area (Å²) in [5, 5.41) is 10.5. The van der Waals surface area contributed by atoms with Gasteiger partial charge in [-0.2, -0.15) is 18.3 Å². The third kappa shape index (κ3) is 3.31. The molecule has 6 nitrogen and oxygen atoms in total. The number of aryl methyl sites for hydroxylation is 1. The molecule has 0 amide bonds. The monoisotopic (exact) mass is 370 g/mol. The van der Waals surface area contributed by atoms with Crippen molar-refractivity contribution in [2.24, 2.45) is 0 Å². The number of fused-ring (bicyclic) bond motifs is 1. The summed E-state index contributed by atoms with van der Waals surface area (Å²) in [5.41, 5.74) is 0.200. The molecule has 9 heteroatoms. The maximum atomic E-state index is 13.4. The lowest BCUT2D eigenvalue weighted by molar-refractivity contribution is -0.137. The molecule has 0 saturated heterocycles. The summed E-state index contributed by atoms with van der Waals surface area (Å²) in [5.74, 6) is 0.752. The molecular formula is C18H13F3N6. The largest absolute Gasteiger partial charge is 0.417 e. The second kappa shape index (κ2) is 6.35. The van der Waals surface area contributed by atoms with E-state index < -0.39 is 11.7 Å². The van der Waals surface area contributed by atoms with E-state index in [9.17, 15) is 13.2 Å². The predicted octanol–water partition coefficient (Wildman–Crippen LogP) is 4.49. The molecule has 0 spiro atoms. The summed E-state index contributed by atoms with van der Waals surface area (Å²) in [6.45, 7) is 1.84. The number of benzene rings is 1. The molecule has 1 aromatic carbocycles. The SMILES string of the molecule is Cc1cc(Nc2nc(-c3ccccc3C(F)(F)F)nc3ncccc23)n[nH]1. The lowest BCUT2D eigenvalue weighted by Crippen LogP contribution is -2.09. The van der Waals surface area contributed by atoms with Crippen LogP contribution in [0.3, 0.4) is 0 Å². The smallest absolute Gasteiger partial charge is 0.323 e. The Morgan fingerprint density at radius 1 is 1.04 bits per heavy atom. The fourth-order valence-corrected chi connectivity index (χ4v) is 2.71. The second-order valence-electron chi connectivity index (χ2n) is 5.87. The van der Waals surface area contributed by atoms with Crippen LogP contribution in [-0.4, -0.2) is 25.1 Å². The van der Waals surface area contributed by atoms with Gasteiger partial charge in [0.2, 0.25) is 0 Å². The topological polar surface area (TPSA) is 79.4 Å². The fourth-order valence-electron chi connectivity index (χ4n) is 2.71. The quantitative estimate of drug-likeness (QED) is 0.556. The molecule has 3 aromatic heterocycles. The van der Waals surface area contributed by atoms with E-state index in [0.29, 0.717) is 17.0 Å². The molecule has 4 rings (SSSR count). The zero-order valence-corrected chi connectivity index (χ0v) is 14.0. The minimum Gasteiger partial charge on any atom is -0.323 e. The molecule has 0 saturated carbocycles. The molecule has 3 heterocycles. The van der Waals surface area contributed by atoms with Gasteiger partial charge in [-0.15, -0.1) is 0 Å². The highest BCUT2D eigenvalue weighted by Gasteiger charge is 2.34. The van der Waals surface area contributed by atoms with Gasteiger partial charge in [-0.1, -0.05) is 18.2 Å². The van der Waals surface area contributed by atoms with E-state index in [1.165, 1.54) is 24.4 Å². The summed E-state index contributed by atoms with van der Waals surface area (Å²) in [7, 11) is 0. The number of nitrogens with one attached hydrogen (secondary N) is 2. The van der Waals surface area contributed by atoms with Crippen LogP contribution in [0, 0.1) is 6.92 Å². The predicted molar refractivity (Wildman–Crippen MR) is 94.4 cm³/mol. The maximum absolute atomic E-state index is 13.4.